The molecular weight excluding hydrogens is 793 g/mol. The number of hydrogen-bond acceptors (Lipinski definition) is 4. The minimum Gasteiger partial charge on any atom is -0.456 e. The van der Waals surface area contributed by atoms with Gasteiger partial charge in [0.05, 0.1) is 11.0 Å². The van der Waals surface area contributed by atoms with Crippen molar-refractivity contribution in [1.82, 2.24) is 19.5 Å². The fourth-order valence-corrected chi connectivity index (χ4v) is 10.9. The van der Waals surface area contributed by atoms with Gasteiger partial charge in [0.2, 0.25) is 5.95 Å². The van der Waals surface area contributed by atoms with Gasteiger partial charge >= 0.3 is 0 Å². The van der Waals surface area contributed by atoms with Crippen LogP contribution in [0.15, 0.2) is 199 Å². The van der Waals surface area contributed by atoms with Crippen LogP contribution >= 0.6 is 0 Å². The first-order valence-corrected chi connectivity index (χ1v) is 22.3. The lowest BCUT2D eigenvalue weighted by atomic mass is 9.82. The van der Waals surface area contributed by atoms with Crippen molar-refractivity contribution in [3.05, 3.63) is 205 Å². The molecule has 65 heavy (non-hydrogen) atoms. The molecule has 5 heteroatoms. The first-order valence-electron chi connectivity index (χ1n) is 22.3. The summed E-state index contributed by atoms with van der Waals surface area (Å²) in [4.78, 5) is 16.2. The number of furan rings is 1. The molecule has 1 aliphatic carbocycles. The quantitative estimate of drug-likeness (QED) is 0.177. The number of hydrogen-bond donors (Lipinski definition) is 0. The molecule has 0 aliphatic heterocycles. The van der Waals surface area contributed by atoms with Crippen molar-refractivity contribution < 1.29 is 4.42 Å². The minimum absolute atomic E-state index is 0.140. The van der Waals surface area contributed by atoms with Crippen molar-refractivity contribution in [3.8, 4) is 51.0 Å². The van der Waals surface area contributed by atoms with Gasteiger partial charge in [-0.05, 0) is 85.1 Å². The summed E-state index contributed by atoms with van der Waals surface area (Å²) in [6.07, 6.45) is 0. The van der Waals surface area contributed by atoms with E-state index in [4.69, 9.17) is 19.4 Å². The Balaban J connectivity index is 1.07. The molecule has 0 fully saturated rings. The number of para-hydroxylation sites is 2. The standard InChI is InChI=1S/C60H38N4O/c1-60(2)50-30-27-39(33-49(50)54-42-16-7-5-13-36(42)26-31-51(54)60)44-19-11-20-47-48-29-24-37-14-6-8-17-43(37)55(48)64(56(44)47)59-62-57(40-23-22-35-12-3-4-15-38(35)32-40)61-58(63-59)41-25-28-46-45-18-9-10-21-52(45)65-53(46)34-41/h3-34H,1-2H3. The Kier molecular flexibility index (Phi) is 7.39. The van der Waals surface area contributed by atoms with E-state index in [-0.39, 0.29) is 5.41 Å². The van der Waals surface area contributed by atoms with Crippen molar-refractivity contribution in [2.75, 3.05) is 0 Å². The lowest BCUT2D eigenvalue weighted by molar-refractivity contribution is 0.661. The largest absolute Gasteiger partial charge is 0.456 e. The zero-order valence-electron chi connectivity index (χ0n) is 35.7. The van der Waals surface area contributed by atoms with Crippen LogP contribution in [0.2, 0.25) is 0 Å². The number of aromatic nitrogens is 4. The Morgan fingerprint density at radius 2 is 0.969 bits per heavy atom. The van der Waals surface area contributed by atoms with Gasteiger partial charge in [-0.25, -0.2) is 4.98 Å². The van der Waals surface area contributed by atoms with Gasteiger partial charge < -0.3 is 4.42 Å². The summed E-state index contributed by atoms with van der Waals surface area (Å²) in [5.41, 5.74) is 12.9. The van der Waals surface area contributed by atoms with E-state index < -0.39 is 0 Å². The molecule has 304 valence electrons. The van der Waals surface area contributed by atoms with Crippen molar-refractivity contribution in [2.45, 2.75) is 19.3 Å². The molecule has 0 saturated carbocycles. The van der Waals surface area contributed by atoms with Gasteiger partial charge in [0.25, 0.3) is 0 Å². The summed E-state index contributed by atoms with van der Waals surface area (Å²) in [6.45, 7) is 4.71. The summed E-state index contributed by atoms with van der Waals surface area (Å²) in [5.74, 6) is 1.71. The predicted molar refractivity (Wildman–Crippen MR) is 268 cm³/mol. The van der Waals surface area contributed by atoms with E-state index in [0.717, 1.165) is 87.5 Å². The fourth-order valence-electron chi connectivity index (χ4n) is 10.9. The molecule has 10 aromatic carbocycles. The maximum Gasteiger partial charge on any atom is 0.238 e. The molecule has 0 amide bonds. The highest BCUT2D eigenvalue weighted by atomic mass is 16.3. The number of benzene rings is 10. The molecule has 0 spiro atoms. The van der Waals surface area contributed by atoms with E-state index in [0.29, 0.717) is 17.6 Å². The van der Waals surface area contributed by atoms with E-state index in [1.807, 2.05) is 18.2 Å². The first-order chi connectivity index (χ1) is 32.0. The van der Waals surface area contributed by atoms with Gasteiger partial charge in [-0.1, -0.05) is 178 Å². The van der Waals surface area contributed by atoms with Gasteiger partial charge in [0.15, 0.2) is 11.6 Å². The lowest BCUT2D eigenvalue weighted by Gasteiger charge is -2.21. The lowest BCUT2D eigenvalue weighted by Crippen LogP contribution is -2.14. The van der Waals surface area contributed by atoms with Crippen LogP contribution in [0, 0.1) is 0 Å². The third kappa shape index (κ3) is 5.24. The Bertz CT molecular complexity index is 4170. The Morgan fingerprint density at radius 1 is 0.385 bits per heavy atom. The highest BCUT2D eigenvalue weighted by molar-refractivity contribution is 6.21. The van der Waals surface area contributed by atoms with Gasteiger partial charge in [0, 0.05) is 49.0 Å². The van der Waals surface area contributed by atoms with E-state index in [9.17, 15) is 0 Å². The van der Waals surface area contributed by atoms with Crippen molar-refractivity contribution >= 4 is 76.1 Å². The highest BCUT2D eigenvalue weighted by Gasteiger charge is 2.37. The van der Waals surface area contributed by atoms with E-state index in [2.05, 4.69) is 194 Å². The topological polar surface area (TPSA) is 56.7 Å². The number of fused-ring (bicyclic) bond motifs is 14. The molecular formula is C60H38N4O. The third-order valence-corrected chi connectivity index (χ3v) is 14.0. The maximum absolute atomic E-state index is 6.42. The summed E-state index contributed by atoms with van der Waals surface area (Å²) >= 11 is 0. The molecule has 13 aromatic rings. The molecule has 0 unspecified atom stereocenters. The SMILES string of the molecule is CC1(C)c2ccc(-c3cccc4c5ccc6ccccc6c5n(-c5nc(-c6ccc7ccccc7c6)nc(-c6ccc7c(c6)oc6ccccc67)n5)c34)cc2-c2c1ccc1ccccc21. The second-order valence-corrected chi connectivity index (χ2v) is 18.0. The molecule has 5 nitrogen and oxygen atoms in total. The second kappa shape index (κ2) is 13.3. The Morgan fingerprint density at radius 3 is 1.82 bits per heavy atom. The van der Waals surface area contributed by atoms with Gasteiger partial charge in [-0.15, -0.1) is 0 Å². The average Bonchev–Trinajstić information content (AvgIpc) is 3.98. The van der Waals surface area contributed by atoms with Crippen LogP contribution in [-0.2, 0) is 5.41 Å². The third-order valence-electron chi connectivity index (χ3n) is 14.0. The first kappa shape index (κ1) is 36.1. The number of nitrogens with zero attached hydrogens (tertiary/aromatic N) is 4. The molecule has 0 N–H and O–H groups in total. The summed E-state index contributed by atoms with van der Waals surface area (Å²) in [6, 6.07) is 69.6. The average molecular weight is 831 g/mol. The molecule has 14 rings (SSSR count). The van der Waals surface area contributed by atoms with E-state index in [1.165, 1.54) is 33.0 Å². The second-order valence-electron chi connectivity index (χ2n) is 18.0. The van der Waals surface area contributed by atoms with Crippen LogP contribution in [0.1, 0.15) is 25.0 Å². The fraction of sp³-hybridized carbons (Fsp3) is 0.0500. The molecule has 0 atom stereocenters. The summed E-state index contributed by atoms with van der Waals surface area (Å²) in [7, 11) is 0. The smallest absolute Gasteiger partial charge is 0.238 e. The molecule has 3 aromatic heterocycles. The molecule has 3 heterocycles. The van der Waals surface area contributed by atoms with Crippen LogP contribution in [-0.4, -0.2) is 19.5 Å². The van der Waals surface area contributed by atoms with E-state index in [1.54, 1.807) is 0 Å². The monoisotopic (exact) mass is 830 g/mol. The normalized spacial score (nSPS) is 13.2. The van der Waals surface area contributed by atoms with Gasteiger partial charge in [-0.2, -0.15) is 9.97 Å². The molecule has 0 bridgehead atoms. The Hall–Kier alpha value is -8.41. The Labute approximate surface area is 373 Å². The van der Waals surface area contributed by atoms with Gasteiger partial charge in [-0.3, -0.25) is 4.57 Å². The van der Waals surface area contributed by atoms with Crippen molar-refractivity contribution in [1.29, 1.82) is 0 Å². The predicted octanol–water partition coefficient (Wildman–Crippen LogP) is 15.6. The van der Waals surface area contributed by atoms with Crippen LogP contribution < -0.4 is 0 Å². The van der Waals surface area contributed by atoms with Crippen molar-refractivity contribution in [2.24, 2.45) is 0 Å². The highest BCUT2D eigenvalue weighted by Crippen LogP contribution is 2.53. The number of rotatable bonds is 4. The van der Waals surface area contributed by atoms with Crippen LogP contribution in [0.4, 0.5) is 0 Å². The minimum atomic E-state index is -0.140. The zero-order valence-corrected chi connectivity index (χ0v) is 35.7. The van der Waals surface area contributed by atoms with Crippen LogP contribution in [0.5, 0.6) is 0 Å². The van der Waals surface area contributed by atoms with Crippen LogP contribution in [0.3, 0.4) is 0 Å². The van der Waals surface area contributed by atoms with Crippen LogP contribution in [0.25, 0.3) is 127 Å². The maximum atomic E-state index is 6.42. The summed E-state index contributed by atoms with van der Waals surface area (Å²) < 4.78 is 8.73. The molecule has 0 radical (unpaired) electrons. The summed E-state index contributed by atoms with van der Waals surface area (Å²) in [5, 5.41) is 11.5. The molecule has 0 saturated heterocycles. The molecule has 1 aliphatic rings. The van der Waals surface area contributed by atoms with Crippen molar-refractivity contribution in [3.63, 3.8) is 0 Å². The van der Waals surface area contributed by atoms with Gasteiger partial charge in [0.1, 0.15) is 11.2 Å². The zero-order chi connectivity index (χ0) is 43.0. The van der Waals surface area contributed by atoms with E-state index >= 15 is 0 Å².